The van der Waals surface area contributed by atoms with Gasteiger partial charge in [0.1, 0.15) is 5.75 Å². The number of hydrogen-bond acceptors (Lipinski definition) is 4. The number of hydrogen-bond donors (Lipinski definition) is 1. The minimum atomic E-state index is -4.49. The molecule has 0 spiro atoms. The van der Waals surface area contributed by atoms with Crippen LogP contribution in [0.4, 0.5) is 13.2 Å². The molecule has 6 nitrogen and oxygen atoms in total. The molecule has 1 amide bonds. The highest BCUT2D eigenvalue weighted by molar-refractivity contribution is 5.79. The zero-order valence-corrected chi connectivity index (χ0v) is 15.4. The largest absolute Gasteiger partial charge is 0.496 e. The van der Waals surface area contributed by atoms with Crippen molar-refractivity contribution in [1.29, 1.82) is 0 Å². The number of pyridine rings is 1. The second kappa shape index (κ2) is 7.21. The number of carbonyl (C=O) groups is 1. The van der Waals surface area contributed by atoms with E-state index in [1.165, 1.54) is 6.20 Å². The van der Waals surface area contributed by atoms with E-state index in [4.69, 9.17) is 4.74 Å². The topological polar surface area (TPSA) is 69.0 Å². The van der Waals surface area contributed by atoms with Gasteiger partial charge in [0.15, 0.2) is 0 Å². The van der Waals surface area contributed by atoms with Crippen LogP contribution in [0.5, 0.6) is 5.75 Å². The van der Waals surface area contributed by atoms with Gasteiger partial charge < -0.3 is 14.6 Å². The number of alkyl halides is 3. The van der Waals surface area contributed by atoms with Crippen molar-refractivity contribution in [3.63, 3.8) is 0 Å². The molecule has 2 aromatic heterocycles. The maximum atomic E-state index is 12.9. The van der Waals surface area contributed by atoms with Crippen LogP contribution in [0.3, 0.4) is 0 Å². The van der Waals surface area contributed by atoms with Crippen LogP contribution in [0.1, 0.15) is 34.8 Å². The number of methoxy groups -OCH3 is 1. The van der Waals surface area contributed by atoms with Gasteiger partial charge in [0.25, 0.3) is 0 Å². The van der Waals surface area contributed by atoms with Crippen LogP contribution in [0.25, 0.3) is 0 Å². The molecular formula is C18H21F3N4O2. The highest BCUT2D eigenvalue weighted by Crippen LogP contribution is 2.32. The molecule has 0 bridgehead atoms. The SMILES string of the molecule is COc1c(C)cnc(CNC(=O)C2CCn3c(cnc3C(F)(F)F)C2)c1C. The van der Waals surface area contributed by atoms with Crippen LogP contribution < -0.4 is 10.1 Å². The van der Waals surface area contributed by atoms with E-state index in [0.29, 0.717) is 17.8 Å². The molecule has 2 aromatic rings. The van der Waals surface area contributed by atoms with Crippen LogP contribution in [0, 0.1) is 19.8 Å². The number of nitrogens with zero attached hydrogens (tertiary/aromatic N) is 3. The first-order valence-corrected chi connectivity index (χ1v) is 8.60. The Balaban J connectivity index is 1.66. The molecule has 0 radical (unpaired) electrons. The lowest BCUT2D eigenvalue weighted by molar-refractivity contribution is -0.147. The third-order valence-electron chi connectivity index (χ3n) is 4.90. The maximum absolute atomic E-state index is 12.9. The first-order chi connectivity index (χ1) is 12.7. The van der Waals surface area contributed by atoms with Gasteiger partial charge in [-0.15, -0.1) is 0 Å². The molecule has 0 aliphatic carbocycles. The van der Waals surface area contributed by atoms with E-state index in [9.17, 15) is 18.0 Å². The lowest BCUT2D eigenvalue weighted by Gasteiger charge is -2.24. The standard InChI is InChI=1S/C18H21F3N4O2/c1-10-7-22-14(11(2)15(10)27-3)9-23-16(26)12-4-5-25-13(6-12)8-24-17(25)18(19,20)21/h7-8,12H,4-6,9H2,1-3H3,(H,23,26). The van der Waals surface area contributed by atoms with Crippen LogP contribution in [0.15, 0.2) is 12.4 Å². The second-order valence-corrected chi connectivity index (χ2v) is 6.68. The van der Waals surface area contributed by atoms with E-state index in [2.05, 4.69) is 15.3 Å². The number of nitrogens with one attached hydrogen (secondary N) is 1. The van der Waals surface area contributed by atoms with Crippen LogP contribution >= 0.6 is 0 Å². The molecule has 0 saturated carbocycles. The summed E-state index contributed by atoms with van der Waals surface area (Å²) in [6.07, 6.45) is -1.02. The van der Waals surface area contributed by atoms with Crippen LogP contribution in [-0.4, -0.2) is 27.6 Å². The highest BCUT2D eigenvalue weighted by Gasteiger charge is 2.39. The van der Waals surface area contributed by atoms with Gasteiger partial charge in [-0.3, -0.25) is 9.78 Å². The summed E-state index contributed by atoms with van der Waals surface area (Å²) in [7, 11) is 1.58. The minimum Gasteiger partial charge on any atom is -0.496 e. The average Bonchev–Trinajstić information content (AvgIpc) is 3.04. The fraction of sp³-hybridized carbons (Fsp3) is 0.500. The summed E-state index contributed by atoms with van der Waals surface area (Å²) in [5, 5.41) is 2.84. The van der Waals surface area contributed by atoms with E-state index < -0.39 is 12.0 Å². The maximum Gasteiger partial charge on any atom is 0.449 e. The Labute approximate surface area is 154 Å². The lowest BCUT2D eigenvalue weighted by atomic mass is 9.95. The fourth-order valence-corrected chi connectivity index (χ4v) is 3.48. The molecule has 27 heavy (non-hydrogen) atoms. The van der Waals surface area contributed by atoms with Gasteiger partial charge in [-0.2, -0.15) is 13.2 Å². The number of fused-ring (bicyclic) bond motifs is 1. The summed E-state index contributed by atoms with van der Waals surface area (Å²) >= 11 is 0. The molecule has 9 heteroatoms. The van der Waals surface area contributed by atoms with Gasteiger partial charge in [-0.25, -0.2) is 4.98 Å². The summed E-state index contributed by atoms with van der Waals surface area (Å²) in [6.45, 7) is 4.13. The number of rotatable bonds is 4. The molecule has 3 rings (SSSR count). The first-order valence-electron chi connectivity index (χ1n) is 8.60. The number of carbonyl (C=O) groups excluding carboxylic acids is 1. The lowest BCUT2D eigenvalue weighted by Crippen LogP contribution is -2.35. The van der Waals surface area contributed by atoms with Crippen molar-refractivity contribution in [1.82, 2.24) is 19.9 Å². The quantitative estimate of drug-likeness (QED) is 0.883. The number of aromatic nitrogens is 3. The molecule has 0 fully saturated rings. The fourth-order valence-electron chi connectivity index (χ4n) is 3.48. The Morgan fingerprint density at radius 3 is 2.74 bits per heavy atom. The minimum absolute atomic E-state index is 0.123. The molecule has 1 atom stereocenters. The Hall–Kier alpha value is -2.58. The molecule has 0 aromatic carbocycles. The van der Waals surface area contributed by atoms with E-state index in [-0.39, 0.29) is 31.3 Å². The highest BCUT2D eigenvalue weighted by atomic mass is 19.4. The Morgan fingerprint density at radius 1 is 1.33 bits per heavy atom. The van der Waals surface area contributed by atoms with Gasteiger partial charge in [0, 0.05) is 48.1 Å². The average molecular weight is 382 g/mol. The summed E-state index contributed by atoms with van der Waals surface area (Å²) in [5.74, 6) is -0.752. The third-order valence-corrected chi connectivity index (χ3v) is 4.90. The third kappa shape index (κ3) is 3.77. The van der Waals surface area contributed by atoms with Crippen molar-refractivity contribution >= 4 is 5.91 Å². The monoisotopic (exact) mass is 382 g/mol. The number of halogens is 3. The predicted molar refractivity (Wildman–Crippen MR) is 91.1 cm³/mol. The molecule has 1 aliphatic heterocycles. The van der Waals surface area contributed by atoms with E-state index >= 15 is 0 Å². The van der Waals surface area contributed by atoms with Crippen molar-refractivity contribution in [3.05, 3.63) is 40.7 Å². The molecule has 0 saturated heterocycles. The van der Waals surface area contributed by atoms with Crippen molar-refractivity contribution in [2.75, 3.05) is 7.11 Å². The normalized spacial score (nSPS) is 16.7. The van der Waals surface area contributed by atoms with Crippen molar-refractivity contribution in [2.24, 2.45) is 5.92 Å². The number of aryl methyl sites for hydroxylation is 1. The second-order valence-electron chi connectivity index (χ2n) is 6.68. The number of ether oxygens (including phenoxy) is 1. The van der Waals surface area contributed by atoms with Gasteiger partial charge in [0.05, 0.1) is 19.3 Å². The Morgan fingerprint density at radius 2 is 2.07 bits per heavy atom. The molecule has 1 aliphatic rings. The first kappa shape index (κ1) is 19.2. The Bertz CT molecular complexity index is 861. The molecule has 1 N–H and O–H groups in total. The van der Waals surface area contributed by atoms with E-state index in [1.807, 2.05) is 13.8 Å². The molecule has 1 unspecified atom stereocenters. The van der Waals surface area contributed by atoms with Crippen molar-refractivity contribution < 1.29 is 22.7 Å². The molecule has 146 valence electrons. The summed E-state index contributed by atoms with van der Waals surface area (Å²) in [5.41, 5.74) is 2.89. The molecule has 3 heterocycles. The Kier molecular flexibility index (Phi) is 5.12. The van der Waals surface area contributed by atoms with Gasteiger partial charge in [0.2, 0.25) is 11.7 Å². The summed E-state index contributed by atoms with van der Waals surface area (Å²) in [4.78, 5) is 20.3. The summed E-state index contributed by atoms with van der Waals surface area (Å²) < 4.78 is 45.3. The zero-order chi connectivity index (χ0) is 19.8. The zero-order valence-electron chi connectivity index (χ0n) is 15.4. The predicted octanol–water partition coefficient (Wildman–Crippen LogP) is 2.80. The smallest absolute Gasteiger partial charge is 0.449 e. The van der Waals surface area contributed by atoms with Gasteiger partial charge in [-0.1, -0.05) is 0 Å². The molecular weight excluding hydrogens is 361 g/mol. The number of imidazole rings is 1. The van der Waals surface area contributed by atoms with Crippen LogP contribution in [-0.2, 0) is 30.5 Å². The van der Waals surface area contributed by atoms with E-state index in [1.54, 1.807) is 13.3 Å². The van der Waals surface area contributed by atoms with Crippen molar-refractivity contribution in [2.45, 2.75) is 46.0 Å². The number of amides is 1. The van der Waals surface area contributed by atoms with Crippen LogP contribution in [0.2, 0.25) is 0 Å². The van der Waals surface area contributed by atoms with Gasteiger partial charge >= 0.3 is 6.18 Å². The summed E-state index contributed by atoms with van der Waals surface area (Å²) in [6, 6.07) is 0. The van der Waals surface area contributed by atoms with Gasteiger partial charge in [-0.05, 0) is 20.3 Å². The van der Waals surface area contributed by atoms with E-state index in [0.717, 1.165) is 21.4 Å². The van der Waals surface area contributed by atoms with Crippen molar-refractivity contribution in [3.8, 4) is 5.75 Å².